The Kier molecular flexibility index (Phi) is 5.53. The number of likely N-dealkylation sites (N-methyl/N-ethyl adjacent to an activating group) is 1. The maximum Gasteiger partial charge on any atom is 0.266 e. The number of anilines is 1. The molecule has 2 saturated heterocycles. The van der Waals surface area contributed by atoms with Gasteiger partial charge in [0, 0.05) is 25.3 Å². The van der Waals surface area contributed by atoms with E-state index in [-0.39, 0.29) is 5.91 Å². The first kappa shape index (κ1) is 18.8. The summed E-state index contributed by atoms with van der Waals surface area (Å²) in [7, 11) is 0. The van der Waals surface area contributed by atoms with Gasteiger partial charge in [-0.25, -0.2) is 4.99 Å². The third kappa shape index (κ3) is 3.99. The van der Waals surface area contributed by atoms with Crippen LogP contribution in [0.4, 0.5) is 11.4 Å². The zero-order chi connectivity index (χ0) is 19.5. The first-order chi connectivity index (χ1) is 13.6. The largest absolute Gasteiger partial charge is 0.372 e. The molecule has 0 saturated carbocycles. The number of aryl methyl sites for hydroxylation is 1. The molecule has 4 nitrogen and oxygen atoms in total. The topological polar surface area (TPSA) is 35.9 Å². The molecule has 0 bridgehead atoms. The number of thioether (sulfide) groups is 1. The van der Waals surface area contributed by atoms with Gasteiger partial charge in [-0.2, -0.15) is 0 Å². The molecule has 2 aliphatic rings. The van der Waals surface area contributed by atoms with Crippen molar-refractivity contribution in [2.75, 3.05) is 24.5 Å². The lowest BCUT2D eigenvalue weighted by molar-refractivity contribution is -0.122. The highest BCUT2D eigenvalue weighted by atomic mass is 32.2. The molecule has 2 aromatic rings. The summed E-state index contributed by atoms with van der Waals surface area (Å²) in [4.78, 5) is 22.4. The zero-order valence-electron chi connectivity index (χ0n) is 16.4. The van der Waals surface area contributed by atoms with Gasteiger partial charge in [0.15, 0.2) is 5.17 Å². The number of carbonyl (C=O) groups excluding carboxylic acids is 1. The lowest BCUT2D eigenvalue weighted by Gasteiger charge is -2.17. The van der Waals surface area contributed by atoms with Crippen molar-refractivity contribution in [2.24, 2.45) is 4.99 Å². The number of rotatable bonds is 4. The monoisotopic (exact) mass is 391 g/mol. The fraction of sp³-hybridized carbons (Fsp3) is 0.304. The molecule has 144 valence electrons. The molecular weight excluding hydrogens is 366 g/mol. The van der Waals surface area contributed by atoms with Crippen LogP contribution in [0.3, 0.4) is 0 Å². The summed E-state index contributed by atoms with van der Waals surface area (Å²) in [6.07, 6.45) is 4.51. The highest BCUT2D eigenvalue weighted by Crippen LogP contribution is 2.34. The van der Waals surface area contributed by atoms with Crippen molar-refractivity contribution in [1.82, 2.24) is 4.90 Å². The van der Waals surface area contributed by atoms with Gasteiger partial charge in [0.1, 0.15) is 0 Å². The molecule has 2 aromatic carbocycles. The van der Waals surface area contributed by atoms with Crippen molar-refractivity contribution in [3.63, 3.8) is 0 Å². The van der Waals surface area contributed by atoms with Crippen LogP contribution in [0.2, 0.25) is 0 Å². The van der Waals surface area contributed by atoms with E-state index in [2.05, 4.69) is 36.1 Å². The predicted octanol–water partition coefficient (Wildman–Crippen LogP) is 5.22. The number of aliphatic imine (C=N–C) groups is 1. The molecule has 0 spiro atoms. The molecule has 1 amide bonds. The van der Waals surface area contributed by atoms with Crippen molar-refractivity contribution < 1.29 is 4.79 Å². The van der Waals surface area contributed by atoms with E-state index in [1.807, 2.05) is 37.3 Å². The fourth-order valence-electron chi connectivity index (χ4n) is 3.51. The number of amidine groups is 1. The maximum absolute atomic E-state index is 12.8. The van der Waals surface area contributed by atoms with Gasteiger partial charge >= 0.3 is 0 Å². The standard InChI is InChI=1S/C23H25N3OS/c1-3-26-22(27)21(28-23(26)24-19-10-6-17(2)7-11-19)16-18-8-12-20(13-9-18)25-14-4-5-15-25/h6-13,16H,3-5,14-15H2,1-2H3/b21-16+,24-23?. The van der Waals surface area contributed by atoms with E-state index in [4.69, 9.17) is 4.99 Å². The number of hydrogen-bond acceptors (Lipinski definition) is 4. The first-order valence-corrected chi connectivity index (χ1v) is 10.7. The fourth-order valence-corrected chi connectivity index (χ4v) is 4.57. The van der Waals surface area contributed by atoms with Crippen LogP contribution >= 0.6 is 11.8 Å². The van der Waals surface area contributed by atoms with E-state index < -0.39 is 0 Å². The molecule has 2 aliphatic heterocycles. The molecule has 4 rings (SSSR count). The molecule has 0 aromatic heterocycles. The Morgan fingerprint density at radius 2 is 1.71 bits per heavy atom. The van der Waals surface area contributed by atoms with Gasteiger partial charge in [-0.05, 0) is 74.4 Å². The Hall–Kier alpha value is -2.53. The van der Waals surface area contributed by atoms with E-state index >= 15 is 0 Å². The molecule has 0 N–H and O–H groups in total. The van der Waals surface area contributed by atoms with Crippen molar-refractivity contribution in [3.05, 3.63) is 64.6 Å². The number of carbonyl (C=O) groups is 1. The van der Waals surface area contributed by atoms with Crippen LogP contribution in [0.15, 0.2) is 58.4 Å². The van der Waals surface area contributed by atoms with Crippen molar-refractivity contribution >= 4 is 40.3 Å². The summed E-state index contributed by atoms with van der Waals surface area (Å²) >= 11 is 1.45. The van der Waals surface area contributed by atoms with Crippen molar-refractivity contribution in [3.8, 4) is 0 Å². The second kappa shape index (κ2) is 8.23. The minimum atomic E-state index is 0.0296. The van der Waals surface area contributed by atoms with Gasteiger partial charge in [0.2, 0.25) is 0 Å². The van der Waals surface area contributed by atoms with E-state index in [1.165, 1.54) is 35.9 Å². The Bertz CT molecular complexity index is 910. The second-order valence-corrected chi connectivity index (χ2v) is 8.18. The Labute approximate surface area is 171 Å². The van der Waals surface area contributed by atoms with E-state index in [1.54, 1.807) is 4.90 Å². The second-order valence-electron chi connectivity index (χ2n) is 7.18. The zero-order valence-corrected chi connectivity index (χ0v) is 17.2. The van der Waals surface area contributed by atoms with Crippen LogP contribution in [-0.2, 0) is 4.79 Å². The maximum atomic E-state index is 12.8. The van der Waals surface area contributed by atoms with Crippen LogP contribution in [0.1, 0.15) is 30.9 Å². The van der Waals surface area contributed by atoms with Gasteiger partial charge in [0.05, 0.1) is 10.6 Å². The molecule has 5 heteroatoms. The Morgan fingerprint density at radius 1 is 1.04 bits per heavy atom. The highest BCUT2D eigenvalue weighted by Gasteiger charge is 2.32. The summed E-state index contributed by atoms with van der Waals surface area (Å²) in [5.41, 5.74) is 4.38. The number of amides is 1. The minimum Gasteiger partial charge on any atom is -0.372 e. The van der Waals surface area contributed by atoms with Crippen LogP contribution in [0.5, 0.6) is 0 Å². The SMILES string of the molecule is CCN1C(=O)/C(=C\c2ccc(N3CCCC3)cc2)SC1=Nc1ccc(C)cc1. The molecule has 0 aliphatic carbocycles. The number of hydrogen-bond donors (Lipinski definition) is 0. The quantitative estimate of drug-likeness (QED) is 0.671. The van der Waals surface area contributed by atoms with Crippen LogP contribution in [0, 0.1) is 6.92 Å². The van der Waals surface area contributed by atoms with Gasteiger partial charge in [0.25, 0.3) is 5.91 Å². The third-order valence-corrected chi connectivity index (χ3v) is 6.13. The summed E-state index contributed by atoms with van der Waals surface area (Å²) in [6, 6.07) is 16.5. The van der Waals surface area contributed by atoms with Gasteiger partial charge in [-0.3, -0.25) is 9.69 Å². The molecule has 0 radical (unpaired) electrons. The minimum absolute atomic E-state index is 0.0296. The smallest absolute Gasteiger partial charge is 0.266 e. The lowest BCUT2D eigenvalue weighted by atomic mass is 10.2. The van der Waals surface area contributed by atoms with E-state index in [0.717, 1.165) is 34.4 Å². The molecule has 2 fully saturated rings. The van der Waals surface area contributed by atoms with Gasteiger partial charge in [-0.15, -0.1) is 0 Å². The Balaban J connectivity index is 1.55. The third-order valence-electron chi connectivity index (χ3n) is 5.13. The van der Waals surface area contributed by atoms with Crippen LogP contribution in [-0.4, -0.2) is 35.6 Å². The Morgan fingerprint density at radius 3 is 2.36 bits per heavy atom. The first-order valence-electron chi connectivity index (χ1n) is 9.86. The van der Waals surface area contributed by atoms with Gasteiger partial charge < -0.3 is 4.90 Å². The van der Waals surface area contributed by atoms with Crippen LogP contribution in [0.25, 0.3) is 6.08 Å². The van der Waals surface area contributed by atoms with Crippen molar-refractivity contribution in [1.29, 1.82) is 0 Å². The summed E-state index contributed by atoms with van der Waals surface area (Å²) in [5.74, 6) is 0.0296. The summed E-state index contributed by atoms with van der Waals surface area (Å²) in [5, 5.41) is 0.747. The molecule has 0 unspecified atom stereocenters. The number of nitrogens with zero attached hydrogens (tertiary/aromatic N) is 3. The van der Waals surface area contributed by atoms with E-state index in [0.29, 0.717) is 6.54 Å². The average molecular weight is 392 g/mol. The van der Waals surface area contributed by atoms with Crippen LogP contribution < -0.4 is 4.90 Å². The summed E-state index contributed by atoms with van der Waals surface area (Å²) in [6.45, 7) is 6.93. The molecular formula is C23H25N3OS. The number of benzene rings is 2. The summed E-state index contributed by atoms with van der Waals surface area (Å²) < 4.78 is 0. The average Bonchev–Trinajstić information content (AvgIpc) is 3.33. The normalized spacial score (nSPS) is 20.0. The predicted molar refractivity (Wildman–Crippen MR) is 119 cm³/mol. The molecule has 2 heterocycles. The van der Waals surface area contributed by atoms with Crippen molar-refractivity contribution in [2.45, 2.75) is 26.7 Å². The lowest BCUT2D eigenvalue weighted by Crippen LogP contribution is -2.28. The van der Waals surface area contributed by atoms with Gasteiger partial charge in [-0.1, -0.05) is 29.8 Å². The van der Waals surface area contributed by atoms with E-state index in [9.17, 15) is 4.79 Å². The molecule has 0 atom stereocenters. The molecule has 28 heavy (non-hydrogen) atoms. The highest BCUT2D eigenvalue weighted by molar-refractivity contribution is 8.18.